The van der Waals surface area contributed by atoms with Crippen molar-refractivity contribution in [2.45, 2.75) is 26.7 Å². The van der Waals surface area contributed by atoms with E-state index in [1.165, 1.54) is 0 Å². The molecular formula is C19H21N5O3. The summed E-state index contributed by atoms with van der Waals surface area (Å²) in [5, 5.41) is 20.9. The summed E-state index contributed by atoms with van der Waals surface area (Å²) in [7, 11) is 0. The molecule has 140 valence electrons. The zero-order valence-corrected chi connectivity index (χ0v) is 15.2. The molecule has 0 fully saturated rings. The third-order valence-electron chi connectivity index (χ3n) is 4.44. The van der Waals surface area contributed by atoms with Gasteiger partial charge in [-0.15, -0.1) is 5.10 Å². The molecule has 0 saturated heterocycles. The van der Waals surface area contributed by atoms with Crippen LogP contribution in [0.5, 0.6) is 0 Å². The molecule has 3 rings (SSSR count). The highest BCUT2D eigenvalue weighted by Gasteiger charge is 2.21. The van der Waals surface area contributed by atoms with Gasteiger partial charge >= 0.3 is 5.97 Å². The Kier molecular flexibility index (Phi) is 5.44. The van der Waals surface area contributed by atoms with Crippen LogP contribution in [0.15, 0.2) is 36.5 Å². The van der Waals surface area contributed by atoms with E-state index in [0.717, 1.165) is 23.0 Å². The number of nitrogens with one attached hydrogen (secondary N) is 1. The Morgan fingerprint density at radius 1 is 1.30 bits per heavy atom. The van der Waals surface area contributed by atoms with E-state index in [2.05, 4.69) is 20.6 Å². The Morgan fingerprint density at radius 3 is 2.85 bits per heavy atom. The first-order valence-electron chi connectivity index (χ1n) is 8.79. The largest absolute Gasteiger partial charge is 0.481 e. The maximum Gasteiger partial charge on any atom is 0.308 e. The lowest BCUT2D eigenvalue weighted by molar-refractivity contribution is -0.141. The van der Waals surface area contributed by atoms with Crippen molar-refractivity contribution in [2.75, 3.05) is 6.54 Å². The van der Waals surface area contributed by atoms with Gasteiger partial charge in [-0.1, -0.05) is 24.6 Å². The number of carboxylic acid groups (broad SMARTS) is 1. The number of benzene rings is 1. The molecular weight excluding hydrogens is 346 g/mol. The normalized spacial score (nSPS) is 12.1. The van der Waals surface area contributed by atoms with Gasteiger partial charge in [0.25, 0.3) is 5.91 Å². The molecule has 2 heterocycles. The fraction of sp³-hybridized carbons (Fsp3) is 0.316. The Hall–Kier alpha value is -3.29. The zero-order chi connectivity index (χ0) is 19.4. The lowest BCUT2D eigenvalue weighted by Gasteiger charge is -2.11. The number of fused-ring (bicyclic) bond motifs is 1. The fourth-order valence-corrected chi connectivity index (χ4v) is 2.94. The molecule has 2 aromatic heterocycles. The van der Waals surface area contributed by atoms with E-state index in [4.69, 9.17) is 0 Å². The fourth-order valence-electron chi connectivity index (χ4n) is 2.94. The summed E-state index contributed by atoms with van der Waals surface area (Å²) in [4.78, 5) is 27.9. The molecule has 1 atom stereocenters. The standard InChI is InChI=1S/C19H21N5O3/c1-3-5-14(19(26)27)11-21-18(25)17-12(2)24(23-22-17)15-7-8-16-13(10-15)6-4-9-20-16/h4,6-10,14H,3,5,11H2,1-2H3,(H,21,25)(H,26,27). The van der Waals surface area contributed by atoms with Crippen LogP contribution in [-0.4, -0.2) is 43.5 Å². The highest BCUT2D eigenvalue weighted by Crippen LogP contribution is 2.18. The molecule has 8 nitrogen and oxygen atoms in total. The van der Waals surface area contributed by atoms with Gasteiger partial charge in [-0.05, 0) is 37.6 Å². The minimum atomic E-state index is -0.915. The van der Waals surface area contributed by atoms with Gasteiger partial charge in [-0.2, -0.15) is 0 Å². The molecule has 1 unspecified atom stereocenters. The predicted molar refractivity (Wildman–Crippen MR) is 99.8 cm³/mol. The monoisotopic (exact) mass is 367 g/mol. The molecule has 0 saturated carbocycles. The summed E-state index contributed by atoms with van der Waals surface area (Å²) < 4.78 is 1.59. The number of rotatable bonds is 7. The molecule has 1 aromatic carbocycles. The van der Waals surface area contributed by atoms with Crippen molar-refractivity contribution >= 4 is 22.8 Å². The second-order valence-corrected chi connectivity index (χ2v) is 6.35. The molecule has 0 radical (unpaired) electrons. The van der Waals surface area contributed by atoms with Crippen LogP contribution in [0.25, 0.3) is 16.6 Å². The van der Waals surface area contributed by atoms with E-state index in [9.17, 15) is 14.7 Å². The van der Waals surface area contributed by atoms with Gasteiger partial charge in [0.15, 0.2) is 5.69 Å². The summed E-state index contributed by atoms with van der Waals surface area (Å²) in [6, 6.07) is 9.47. The molecule has 0 aliphatic rings. The van der Waals surface area contributed by atoms with Gasteiger partial charge in [0.2, 0.25) is 0 Å². The number of aromatic nitrogens is 4. The smallest absolute Gasteiger partial charge is 0.308 e. The molecule has 0 bridgehead atoms. The molecule has 0 aliphatic carbocycles. The molecule has 27 heavy (non-hydrogen) atoms. The van der Waals surface area contributed by atoms with E-state index >= 15 is 0 Å². The number of hydrogen-bond donors (Lipinski definition) is 2. The van der Waals surface area contributed by atoms with Gasteiger partial charge in [0.05, 0.1) is 22.8 Å². The molecule has 1 amide bonds. The number of carbonyl (C=O) groups is 2. The van der Waals surface area contributed by atoms with E-state index in [0.29, 0.717) is 12.1 Å². The Balaban J connectivity index is 1.79. The van der Waals surface area contributed by atoms with Crippen molar-refractivity contribution < 1.29 is 14.7 Å². The third kappa shape index (κ3) is 3.94. The lowest BCUT2D eigenvalue weighted by atomic mass is 10.0. The first-order chi connectivity index (χ1) is 13.0. The SMILES string of the molecule is CCCC(CNC(=O)c1nnn(-c2ccc3ncccc3c2)c1C)C(=O)O. The van der Waals surface area contributed by atoms with Gasteiger partial charge in [-0.25, -0.2) is 4.68 Å². The Labute approximate surface area is 156 Å². The van der Waals surface area contributed by atoms with Crippen molar-refractivity contribution in [2.24, 2.45) is 5.92 Å². The summed E-state index contributed by atoms with van der Waals surface area (Å²) in [6.45, 7) is 3.73. The number of aliphatic carboxylic acids is 1. The first kappa shape index (κ1) is 18.5. The average molecular weight is 367 g/mol. The summed E-state index contributed by atoms with van der Waals surface area (Å²) in [5.41, 5.74) is 2.40. The highest BCUT2D eigenvalue weighted by molar-refractivity contribution is 5.93. The lowest BCUT2D eigenvalue weighted by Crippen LogP contribution is -2.33. The molecule has 0 spiro atoms. The van der Waals surface area contributed by atoms with Crippen LogP contribution in [0.3, 0.4) is 0 Å². The van der Waals surface area contributed by atoms with Crippen molar-refractivity contribution in [3.8, 4) is 5.69 Å². The average Bonchev–Trinajstić information content (AvgIpc) is 3.05. The minimum absolute atomic E-state index is 0.0654. The van der Waals surface area contributed by atoms with Crippen LogP contribution in [-0.2, 0) is 4.79 Å². The predicted octanol–water partition coefficient (Wildman–Crippen LogP) is 2.35. The van der Waals surface area contributed by atoms with Crippen LogP contribution >= 0.6 is 0 Å². The summed E-state index contributed by atoms with van der Waals surface area (Å²) in [6.07, 6.45) is 2.97. The van der Waals surface area contributed by atoms with Crippen molar-refractivity contribution in [3.63, 3.8) is 0 Å². The van der Waals surface area contributed by atoms with E-state index < -0.39 is 17.8 Å². The van der Waals surface area contributed by atoms with Crippen molar-refractivity contribution in [1.29, 1.82) is 0 Å². The number of hydrogen-bond acceptors (Lipinski definition) is 5. The minimum Gasteiger partial charge on any atom is -0.481 e. The second kappa shape index (κ2) is 7.94. The number of carboxylic acids is 1. The second-order valence-electron chi connectivity index (χ2n) is 6.35. The van der Waals surface area contributed by atoms with Crippen LogP contribution in [0, 0.1) is 12.8 Å². The quantitative estimate of drug-likeness (QED) is 0.663. The number of pyridine rings is 1. The number of carbonyl (C=O) groups excluding carboxylic acids is 1. The Morgan fingerprint density at radius 2 is 2.11 bits per heavy atom. The van der Waals surface area contributed by atoms with Gasteiger partial charge in [-0.3, -0.25) is 14.6 Å². The number of amides is 1. The summed E-state index contributed by atoms with van der Waals surface area (Å²) in [5.74, 6) is -1.95. The van der Waals surface area contributed by atoms with Crippen LogP contribution in [0.4, 0.5) is 0 Å². The zero-order valence-electron chi connectivity index (χ0n) is 15.2. The molecule has 3 aromatic rings. The van der Waals surface area contributed by atoms with Gasteiger partial charge in [0, 0.05) is 18.1 Å². The van der Waals surface area contributed by atoms with E-state index in [1.807, 2.05) is 37.3 Å². The van der Waals surface area contributed by atoms with Gasteiger partial charge < -0.3 is 10.4 Å². The van der Waals surface area contributed by atoms with E-state index in [1.54, 1.807) is 17.8 Å². The van der Waals surface area contributed by atoms with Crippen molar-refractivity contribution in [3.05, 3.63) is 47.9 Å². The van der Waals surface area contributed by atoms with Gasteiger partial charge in [0.1, 0.15) is 0 Å². The maximum absolute atomic E-state index is 12.4. The summed E-state index contributed by atoms with van der Waals surface area (Å²) >= 11 is 0. The third-order valence-corrected chi connectivity index (χ3v) is 4.44. The highest BCUT2D eigenvalue weighted by atomic mass is 16.4. The first-order valence-corrected chi connectivity index (χ1v) is 8.79. The van der Waals surface area contributed by atoms with Crippen LogP contribution < -0.4 is 5.32 Å². The molecule has 2 N–H and O–H groups in total. The maximum atomic E-state index is 12.4. The number of nitrogens with zero attached hydrogens (tertiary/aromatic N) is 4. The molecule has 8 heteroatoms. The van der Waals surface area contributed by atoms with Crippen LogP contribution in [0.1, 0.15) is 35.9 Å². The Bertz CT molecular complexity index is 982. The molecule has 0 aliphatic heterocycles. The van der Waals surface area contributed by atoms with Crippen molar-refractivity contribution in [1.82, 2.24) is 25.3 Å². The van der Waals surface area contributed by atoms with Crippen LogP contribution in [0.2, 0.25) is 0 Å². The van der Waals surface area contributed by atoms with E-state index in [-0.39, 0.29) is 12.2 Å². The topological polar surface area (TPSA) is 110 Å².